The maximum Gasteiger partial charge on any atom is 0.167 e. The smallest absolute Gasteiger partial charge is 0.167 e. The molecular weight excluding hydrogens is 350 g/mol. The van der Waals surface area contributed by atoms with E-state index in [2.05, 4.69) is 15.0 Å². The zero-order valence-corrected chi connectivity index (χ0v) is 14.5. The Labute approximate surface area is 155 Å². The molecule has 27 heavy (non-hydrogen) atoms. The molecule has 0 unspecified atom stereocenters. The van der Waals surface area contributed by atoms with Gasteiger partial charge in [-0.3, -0.25) is 4.57 Å². The van der Waals surface area contributed by atoms with Crippen LogP contribution in [0.2, 0.25) is 0 Å². The first-order chi connectivity index (χ1) is 13.2. The zero-order valence-electron chi connectivity index (χ0n) is 14.5. The number of ether oxygens (including phenoxy) is 2. The van der Waals surface area contributed by atoms with E-state index in [1.807, 2.05) is 30.3 Å². The summed E-state index contributed by atoms with van der Waals surface area (Å²) in [4.78, 5) is 12.4. The first-order valence-corrected chi connectivity index (χ1v) is 8.72. The predicted octanol–water partition coefficient (Wildman–Crippen LogP) is 0.287. The quantitative estimate of drug-likeness (QED) is 0.564. The molecule has 4 atom stereocenters. The molecule has 4 rings (SSSR count). The number of benzene rings is 1. The highest BCUT2D eigenvalue weighted by atomic mass is 16.6. The van der Waals surface area contributed by atoms with Gasteiger partial charge in [0.1, 0.15) is 30.2 Å². The van der Waals surface area contributed by atoms with Crippen molar-refractivity contribution >= 4 is 17.0 Å². The lowest BCUT2D eigenvalue weighted by molar-refractivity contribution is -0.0698. The van der Waals surface area contributed by atoms with Crippen LogP contribution in [-0.2, 0) is 15.9 Å². The third-order valence-electron chi connectivity index (χ3n) is 4.70. The van der Waals surface area contributed by atoms with Crippen LogP contribution >= 0.6 is 0 Å². The van der Waals surface area contributed by atoms with Crippen molar-refractivity contribution in [3.05, 3.63) is 48.5 Å². The molecule has 9 heteroatoms. The molecule has 1 saturated heterocycles. The van der Waals surface area contributed by atoms with Gasteiger partial charge in [0.05, 0.1) is 19.5 Å². The Bertz CT molecular complexity index is 903. The number of aliphatic hydroxyl groups is 2. The van der Waals surface area contributed by atoms with Crippen molar-refractivity contribution in [2.75, 3.05) is 18.9 Å². The molecule has 0 amide bonds. The second-order valence-corrected chi connectivity index (χ2v) is 6.39. The van der Waals surface area contributed by atoms with E-state index in [1.54, 1.807) is 4.57 Å². The molecule has 3 aromatic rings. The van der Waals surface area contributed by atoms with E-state index in [4.69, 9.17) is 15.2 Å². The fraction of sp³-hybridized carbons (Fsp3) is 0.389. The number of nitrogens with two attached hydrogens (primary N) is 1. The summed E-state index contributed by atoms with van der Waals surface area (Å²) in [5, 5.41) is 20.1. The average molecular weight is 371 g/mol. The normalized spacial score (nSPS) is 25.3. The summed E-state index contributed by atoms with van der Waals surface area (Å²) in [5.74, 6) is 0.262. The van der Waals surface area contributed by atoms with Gasteiger partial charge in [0.2, 0.25) is 0 Å². The number of nitrogens with zero attached hydrogens (tertiary/aromatic N) is 4. The van der Waals surface area contributed by atoms with Gasteiger partial charge in [-0.15, -0.1) is 0 Å². The van der Waals surface area contributed by atoms with Crippen LogP contribution in [0.1, 0.15) is 11.8 Å². The van der Waals surface area contributed by atoms with Crippen LogP contribution in [-0.4, -0.2) is 61.3 Å². The largest absolute Gasteiger partial charge is 0.394 e. The van der Waals surface area contributed by atoms with Gasteiger partial charge in [-0.1, -0.05) is 30.3 Å². The summed E-state index contributed by atoms with van der Waals surface area (Å²) in [5.41, 5.74) is 7.91. The summed E-state index contributed by atoms with van der Waals surface area (Å²) in [6.45, 7) is 0.0769. The lowest BCUT2D eigenvalue weighted by atomic mass is 10.1. The Morgan fingerprint density at radius 3 is 2.78 bits per heavy atom. The molecule has 2 aromatic heterocycles. The summed E-state index contributed by atoms with van der Waals surface area (Å²) in [6, 6.07) is 9.92. The standard InChI is InChI=1S/C18H21N5O4/c19-16-13-17(21-9-20-16)23(10-22-13)18-15(14(25)12(8-24)27-18)26-7-6-11-4-2-1-3-5-11/h1-5,9-10,12,14-15,18,24-25H,6-8H2,(H2,19,20,21)/t12-,14-,15-,18-/m1/s1. The molecule has 0 bridgehead atoms. The number of imidazole rings is 1. The van der Waals surface area contributed by atoms with Gasteiger partial charge >= 0.3 is 0 Å². The fourth-order valence-corrected chi connectivity index (χ4v) is 3.29. The highest BCUT2D eigenvalue weighted by molar-refractivity contribution is 5.81. The molecule has 1 aliphatic rings. The predicted molar refractivity (Wildman–Crippen MR) is 96.6 cm³/mol. The van der Waals surface area contributed by atoms with Crippen LogP contribution in [0.4, 0.5) is 5.82 Å². The van der Waals surface area contributed by atoms with Crippen LogP contribution in [0.25, 0.3) is 11.2 Å². The van der Waals surface area contributed by atoms with Gasteiger partial charge in [-0.2, -0.15) is 0 Å². The Morgan fingerprint density at radius 1 is 1.19 bits per heavy atom. The lowest BCUT2D eigenvalue weighted by Crippen LogP contribution is -2.36. The molecule has 3 heterocycles. The van der Waals surface area contributed by atoms with E-state index in [9.17, 15) is 10.2 Å². The number of aromatic nitrogens is 4. The molecule has 0 radical (unpaired) electrons. The number of hydrogen-bond acceptors (Lipinski definition) is 8. The summed E-state index contributed by atoms with van der Waals surface area (Å²) in [6.07, 6.45) is 0.462. The Hall–Kier alpha value is -2.59. The van der Waals surface area contributed by atoms with E-state index < -0.39 is 24.5 Å². The van der Waals surface area contributed by atoms with E-state index in [0.29, 0.717) is 24.2 Å². The molecule has 0 aliphatic carbocycles. The number of fused-ring (bicyclic) bond motifs is 1. The van der Waals surface area contributed by atoms with Crippen molar-refractivity contribution in [3.8, 4) is 0 Å². The van der Waals surface area contributed by atoms with Crippen LogP contribution in [0.5, 0.6) is 0 Å². The molecule has 4 N–H and O–H groups in total. The number of rotatable bonds is 6. The lowest BCUT2D eigenvalue weighted by Gasteiger charge is -2.22. The van der Waals surface area contributed by atoms with E-state index in [1.165, 1.54) is 12.7 Å². The van der Waals surface area contributed by atoms with Crippen molar-refractivity contribution in [2.45, 2.75) is 31.0 Å². The third kappa shape index (κ3) is 3.37. The minimum Gasteiger partial charge on any atom is -0.394 e. The van der Waals surface area contributed by atoms with Crippen molar-refractivity contribution < 1.29 is 19.7 Å². The van der Waals surface area contributed by atoms with E-state index in [-0.39, 0.29) is 12.4 Å². The Kier molecular flexibility index (Phi) is 4.99. The van der Waals surface area contributed by atoms with Crippen molar-refractivity contribution in [1.29, 1.82) is 0 Å². The number of anilines is 1. The molecule has 1 fully saturated rings. The first-order valence-electron chi connectivity index (χ1n) is 8.72. The minimum atomic E-state index is -0.979. The molecule has 0 saturated carbocycles. The molecule has 1 aliphatic heterocycles. The van der Waals surface area contributed by atoms with Gasteiger partial charge in [0.15, 0.2) is 17.7 Å². The van der Waals surface area contributed by atoms with Gasteiger partial charge in [0.25, 0.3) is 0 Å². The fourth-order valence-electron chi connectivity index (χ4n) is 3.29. The summed E-state index contributed by atoms with van der Waals surface area (Å²) < 4.78 is 13.4. The Morgan fingerprint density at radius 2 is 2.00 bits per heavy atom. The topological polar surface area (TPSA) is 129 Å². The third-order valence-corrected chi connectivity index (χ3v) is 4.70. The molecule has 142 valence electrons. The number of nitrogen functional groups attached to an aromatic ring is 1. The Balaban J connectivity index is 1.56. The molecule has 1 aromatic carbocycles. The van der Waals surface area contributed by atoms with Crippen LogP contribution in [0.3, 0.4) is 0 Å². The SMILES string of the molecule is Nc1ncnc2c1ncn2[C@@H]1O[C@H](CO)[C@@H](O)[C@H]1OCCc1ccccc1. The van der Waals surface area contributed by atoms with Crippen molar-refractivity contribution in [3.63, 3.8) is 0 Å². The second-order valence-electron chi connectivity index (χ2n) is 6.39. The highest BCUT2D eigenvalue weighted by Crippen LogP contribution is 2.33. The van der Waals surface area contributed by atoms with Gasteiger partial charge in [0, 0.05) is 0 Å². The highest BCUT2D eigenvalue weighted by Gasteiger charge is 2.45. The summed E-state index contributed by atoms with van der Waals surface area (Å²) >= 11 is 0. The second kappa shape index (κ2) is 7.57. The van der Waals surface area contributed by atoms with E-state index in [0.717, 1.165) is 5.56 Å². The van der Waals surface area contributed by atoms with Gasteiger partial charge in [-0.05, 0) is 12.0 Å². The van der Waals surface area contributed by atoms with Gasteiger partial charge in [-0.25, -0.2) is 15.0 Å². The zero-order chi connectivity index (χ0) is 18.8. The number of aliphatic hydroxyl groups excluding tert-OH is 2. The average Bonchev–Trinajstić information content (AvgIpc) is 3.25. The minimum absolute atomic E-state index is 0.262. The molecule has 0 spiro atoms. The first kappa shape index (κ1) is 17.8. The van der Waals surface area contributed by atoms with Crippen LogP contribution in [0, 0.1) is 0 Å². The number of hydrogen-bond donors (Lipinski definition) is 3. The van der Waals surface area contributed by atoms with Gasteiger partial charge < -0.3 is 25.4 Å². The summed E-state index contributed by atoms with van der Waals surface area (Å²) in [7, 11) is 0. The monoisotopic (exact) mass is 371 g/mol. The molecule has 9 nitrogen and oxygen atoms in total. The van der Waals surface area contributed by atoms with Crippen molar-refractivity contribution in [2.24, 2.45) is 0 Å². The maximum atomic E-state index is 10.5. The van der Waals surface area contributed by atoms with Crippen LogP contribution in [0.15, 0.2) is 43.0 Å². The maximum absolute atomic E-state index is 10.5. The van der Waals surface area contributed by atoms with E-state index >= 15 is 0 Å². The van der Waals surface area contributed by atoms with Crippen LogP contribution < -0.4 is 5.73 Å². The van der Waals surface area contributed by atoms with Crippen molar-refractivity contribution in [1.82, 2.24) is 19.5 Å². The molecular formula is C18H21N5O4.